The highest BCUT2D eigenvalue weighted by molar-refractivity contribution is 5.95. The second-order valence-corrected chi connectivity index (χ2v) is 6.71. The highest BCUT2D eigenvalue weighted by atomic mass is 16.5. The number of carbonyl (C=O) groups is 2. The van der Waals surface area contributed by atoms with Crippen molar-refractivity contribution in [3.05, 3.63) is 71.9 Å². The van der Waals surface area contributed by atoms with Crippen LogP contribution in [-0.4, -0.2) is 38.2 Å². The number of methoxy groups -OCH3 is 3. The van der Waals surface area contributed by atoms with Crippen LogP contribution in [0.4, 0.5) is 0 Å². The van der Waals surface area contributed by atoms with Crippen LogP contribution in [0, 0.1) is 0 Å². The minimum absolute atomic E-state index is 0.0264. The Morgan fingerprint density at radius 3 is 2.55 bits per heavy atom. The summed E-state index contributed by atoms with van der Waals surface area (Å²) in [4.78, 5) is 29.0. The van der Waals surface area contributed by atoms with Crippen LogP contribution in [0.15, 0.2) is 60.8 Å². The fourth-order valence-corrected chi connectivity index (χ4v) is 3.22. The zero-order chi connectivity index (χ0) is 22.2. The van der Waals surface area contributed by atoms with Gasteiger partial charge in [0.05, 0.1) is 39.3 Å². The maximum Gasteiger partial charge on any atom is 0.307 e. The molecule has 0 saturated carbocycles. The Morgan fingerprint density at radius 2 is 1.81 bits per heavy atom. The van der Waals surface area contributed by atoms with Gasteiger partial charge in [0.15, 0.2) is 11.5 Å². The molecule has 7 heteroatoms. The summed E-state index contributed by atoms with van der Waals surface area (Å²) < 4.78 is 15.4. The van der Waals surface area contributed by atoms with E-state index in [1.165, 1.54) is 27.4 Å². The van der Waals surface area contributed by atoms with Gasteiger partial charge in [0.2, 0.25) is 5.91 Å². The number of hydrogen-bond donors (Lipinski definition) is 1. The average Bonchev–Trinajstić information content (AvgIpc) is 2.81. The van der Waals surface area contributed by atoms with Crippen molar-refractivity contribution < 1.29 is 23.8 Å². The number of hydrogen-bond acceptors (Lipinski definition) is 6. The second-order valence-electron chi connectivity index (χ2n) is 6.71. The molecule has 0 radical (unpaired) electrons. The van der Waals surface area contributed by atoms with Gasteiger partial charge in [-0.2, -0.15) is 0 Å². The molecule has 1 amide bonds. The Bertz CT molecular complexity index is 1100. The van der Waals surface area contributed by atoms with Crippen LogP contribution >= 0.6 is 0 Å². The van der Waals surface area contributed by atoms with E-state index in [1.807, 2.05) is 30.3 Å². The molecule has 2 aromatic carbocycles. The Hall–Kier alpha value is -3.87. The van der Waals surface area contributed by atoms with Crippen molar-refractivity contribution in [2.75, 3.05) is 21.3 Å². The maximum absolute atomic E-state index is 12.7. The third-order valence-corrected chi connectivity index (χ3v) is 4.80. The highest BCUT2D eigenvalue weighted by Gasteiger charge is 2.20. The number of para-hydroxylation sites is 1. The quantitative estimate of drug-likeness (QED) is 0.442. The minimum Gasteiger partial charge on any atom is -0.493 e. The maximum atomic E-state index is 12.7. The second kappa shape index (κ2) is 10.2. The zero-order valence-corrected chi connectivity index (χ0v) is 17.6. The Labute approximate surface area is 180 Å². The number of amides is 1. The van der Waals surface area contributed by atoms with Crippen molar-refractivity contribution in [2.45, 2.75) is 12.5 Å². The van der Waals surface area contributed by atoms with Crippen LogP contribution in [0.5, 0.6) is 11.5 Å². The monoisotopic (exact) mass is 420 g/mol. The number of fused-ring (bicyclic) bond motifs is 1. The van der Waals surface area contributed by atoms with E-state index in [4.69, 9.17) is 14.2 Å². The highest BCUT2D eigenvalue weighted by Crippen LogP contribution is 2.31. The van der Waals surface area contributed by atoms with E-state index in [9.17, 15) is 9.59 Å². The third kappa shape index (κ3) is 5.39. The first kappa shape index (κ1) is 21.8. The molecule has 31 heavy (non-hydrogen) atoms. The van der Waals surface area contributed by atoms with Crippen LogP contribution in [0.3, 0.4) is 0 Å². The number of ether oxygens (including phenoxy) is 3. The number of benzene rings is 2. The molecule has 0 aliphatic heterocycles. The molecule has 3 rings (SSSR count). The molecule has 0 spiro atoms. The summed E-state index contributed by atoms with van der Waals surface area (Å²) in [6.07, 6.45) is 4.81. The van der Waals surface area contributed by atoms with Gasteiger partial charge in [-0.15, -0.1) is 0 Å². The van der Waals surface area contributed by atoms with Crippen molar-refractivity contribution in [2.24, 2.45) is 0 Å². The number of pyridine rings is 1. The lowest BCUT2D eigenvalue weighted by Gasteiger charge is -2.19. The average molecular weight is 420 g/mol. The number of carbonyl (C=O) groups excluding carboxylic acids is 2. The SMILES string of the molecule is COC(=O)CC(NC(=O)C=Cc1cccc2cccnc12)c1ccc(OC)c(OC)c1. The molecule has 1 heterocycles. The lowest BCUT2D eigenvalue weighted by atomic mass is 10.0. The fourth-order valence-electron chi connectivity index (χ4n) is 3.22. The fraction of sp³-hybridized carbons (Fsp3) is 0.208. The molecule has 0 bridgehead atoms. The summed E-state index contributed by atoms with van der Waals surface area (Å²) in [6, 6.07) is 14.2. The van der Waals surface area contributed by atoms with Gasteiger partial charge < -0.3 is 19.5 Å². The predicted octanol–water partition coefficient (Wildman–Crippen LogP) is 3.69. The lowest BCUT2D eigenvalue weighted by Crippen LogP contribution is -2.29. The molecule has 0 aliphatic rings. The van der Waals surface area contributed by atoms with Gasteiger partial charge in [0.25, 0.3) is 0 Å². The number of esters is 1. The number of rotatable bonds is 8. The van der Waals surface area contributed by atoms with Crippen LogP contribution in [0.25, 0.3) is 17.0 Å². The van der Waals surface area contributed by atoms with Crippen molar-refractivity contribution in [1.82, 2.24) is 10.3 Å². The first-order valence-corrected chi connectivity index (χ1v) is 9.66. The molecular formula is C24H24N2O5. The molecule has 0 fully saturated rings. The van der Waals surface area contributed by atoms with E-state index in [0.29, 0.717) is 17.1 Å². The smallest absolute Gasteiger partial charge is 0.307 e. The van der Waals surface area contributed by atoms with Gasteiger partial charge >= 0.3 is 5.97 Å². The molecule has 1 atom stereocenters. The van der Waals surface area contributed by atoms with Crippen LogP contribution in [-0.2, 0) is 14.3 Å². The summed E-state index contributed by atoms with van der Waals surface area (Å²) in [5, 5.41) is 3.85. The summed E-state index contributed by atoms with van der Waals surface area (Å²) in [6.45, 7) is 0. The van der Waals surface area contributed by atoms with Gasteiger partial charge in [0.1, 0.15) is 0 Å². The van der Waals surface area contributed by atoms with E-state index >= 15 is 0 Å². The van der Waals surface area contributed by atoms with E-state index in [-0.39, 0.29) is 12.3 Å². The summed E-state index contributed by atoms with van der Waals surface area (Å²) in [7, 11) is 4.37. The van der Waals surface area contributed by atoms with Crippen LogP contribution < -0.4 is 14.8 Å². The van der Waals surface area contributed by atoms with Crippen molar-refractivity contribution in [3.8, 4) is 11.5 Å². The summed E-state index contributed by atoms with van der Waals surface area (Å²) in [5.41, 5.74) is 2.32. The van der Waals surface area contributed by atoms with Crippen molar-refractivity contribution in [1.29, 1.82) is 0 Å². The number of aromatic nitrogens is 1. The molecule has 0 aliphatic carbocycles. The minimum atomic E-state index is -0.602. The molecule has 160 valence electrons. The molecule has 1 unspecified atom stereocenters. The van der Waals surface area contributed by atoms with E-state index in [2.05, 4.69) is 10.3 Å². The normalized spacial score (nSPS) is 11.8. The van der Waals surface area contributed by atoms with Gasteiger partial charge in [-0.25, -0.2) is 0 Å². The third-order valence-electron chi connectivity index (χ3n) is 4.80. The van der Waals surface area contributed by atoms with Gasteiger partial charge in [0, 0.05) is 23.2 Å². The summed E-state index contributed by atoms with van der Waals surface area (Å²) in [5.74, 6) is 0.262. The molecular weight excluding hydrogens is 396 g/mol. The number of nitrogens with one attached hydrogen (secondary N) is 1. The first-order chi connectivity index (χ1) is 15.0. The first-order valence-electron chi connectivity index (χ1n) is 9.66. The zero-order valence-electron chi connectivity index (χ0n) is 17.6. The van der Waals surface area contributed by atoms with Crippen molar-refractivity contribution in [3.63, 3.8) is 0 Å². The van der Waals surface area contributed by atoms with E-state index in [0.717, 1.165) is 16.5 Å². The predicted molar refractivity (Wildman–Crippen MR) is 118 cm³/mol. The standard InChI is InChI=1S/C24H24N2O5/c1-29-20-11-9-18(14-21(20)30-2)19(15-23(28)31-3)26-22(27)12-10-17-7-4-6-16-8-5-13-25-24(16)17/h4-14,19H,15H2,1-3H3,(H,26,27). The molecule has 1 aromatic heterocycles. The van der Waals surface area contributed by atoms with Crippen molar-refractivity contribution >= 4 is 28.9 Å². The number of nitrogens with zero attached hydrogens (tertiary/aromatic N) is 1. The van der Waals surface area contributed by atoms with E-state index in [1.54, 1.807) is 30.5 Å². The largest absolute Gasteiger partial charge is 0.493 e. The van der Waals surface area contributed by atoms with Gasteiger partial charge in [-0.1, -0.05) is 30.3 Å². The Balaban J connectivity index is 1.83. The lowest BCUT2D eigenvalue weighted by molar-refractivity contribution is -0.141. The van der Waals surface area contributed by atoms with E-state index < -0.39 is 12.0 Å². The Morgan fingerprint density at radius 1 is 1.03 bits per heavy atom. The Kier molecular flexibility index (Phi) is 7.22. The summed E-state index contributed by atoms with van der Waals surface area (Å²) >= 11 is 0. The molecule has 0 saturated heterocycles. The van der Waals surface area contributed by atoms with Crippen LogP contribution in [0.1, 0.15) is 23.6 Å². The topological polar surface area (TPSA) is 86.8 Å². The molecule has 3 aromatic rings. The molecule has 1 N–H and O–H groups in total. The van der Waals surface area contributed by atoms with Gasteiger partial charge in [-0.3, -0.25) is 14.6 Å². The van der Waals surface area contributed by atoms with Gasteiger partial charge in [-0.05, 0) is 29.8 Å². The molecule has 7 nitrogen and oxygen atoms in total. The van der Waals surface area contributed by atoms with Crippen LogP contribution in [0.2, 0.25) is 0 Å².